The Balaban J connectivity index is 1.13. The number of benzene rings is 1. The van der Waals surface area contributed by atoms with Crippen molar-refractivity contribution >= 4 is 15.0 Å². The molecular formula is C28H41NO4Si. The minimum atomic E-state index is -2.75. The molecule has 34 heavy (non-hydrogen) atoms. The van der Waals surface area contributed by atoms with E-state index in [9.17, 15) is 5.11 Å². The molecule has 5 nitrogen and oxygen atoms in total. The fraction of sp³-hybridized carbons (Fsp3) is 0.750. The molecule has 0 aromatic heterocycles. The zero-order chi connectivity index (χ0) is 23.9. The van der Waals surface area contributed by atoms with Crippen LogP contribution >= 0.6 is 0 Å². The summed E-state index contributed by atoms with van der Waals surface area (Å²) in [5.74, 6) is 6.02. The SMILES string of the molecule is CO[Si]1(CCC/N=C\c2cccc(C(C)(C)C)c2O)OCC2CC3C4C5CCC4C5C(C)(O1)C23. The molecular weight excluding hydrogens is 442 g/mol. The van der Waals surface area contributed by atoms with E-state index in [-0.39, 0.29) is 11.0 Å². The zero-order valence-electron chi connectivity index (χ0n) is 21.4. The van der Waals surface area contributed by atoms with Crippen molar-refractivity contribution in [2.24, 2.45) is 46.4 Å². The Morgan fingerprint density at radius 3 is 2.68 bits per heavy atom. The summed E-state index contributed by atoms with van der Waals surface area (Å²) in [7, 11) is -0.956. The van der Waals surface area contributed by atoms with Gasteiger partial charge in [0, 0.05) is 38.1 Å². The van der Waals surface area contributed by atoms with Crippen molar-refractivity contribution in [1.82, 2.24) is 0 Å². The number of phenolic OH excluding ortho intramolecular Hbond substituents is 1. The van der Waals surface area contributed by atoms with Crippen molar-refractivity contribution in [2.45, 2.75) is 70.4 Å². The molecule has 1 N–H and O–H groups in total. The lowest BCUT2D eigenvalue weighted by Crippen LogP contribution is -2.73. The quantitative estimate of drug-likeness (QED) is 0.333. The van der Waals surface area contributed by atoms with Crippen LogP contribution in [0.3, 0.4) is 0 Å². The normalized spacial score (nSPS) is 44.3. The second-order valence-corrected chi connectivity index (χ2v) is 15.6. The van der Waals surface area contributed by atoms with Gasteiger partial charge in [-0.05, 0) is 91.1 Å². The van der Waals surface area contributed by atoms with Crippen LogP contribution in [0, 0.1) is 41.4 Å². The molecule has 1 aromatic carbocycles. The minimum Gasteiger partial charge on any atom is -0.507 e. The molecule has 0 radical (unpaired) electrons. The lowest BCUT2D eigenvalue weighted by atomic mass is 9.36. The summed E-state index contributed by atoms with van der Waals surface area (Å²) in [6, 6.07) is 6.71. The van der Waals surface area contributed by atoms with Gasteiger partial charge in [0.25, 0.3) is 0 Å². The second-order valence-electron chi connectivity index (χ2n) is 12.8. The fourth-order valence-corrected chi connectivity index (χ4v) is 11.7. The Labute approximate surface area is 205 Å². The Morgan fingerprint density at radius 2 is 1.97 bits per heavy atom. The molecule has 186 valence electrons. The first-order chi connectivity index (χ1) is 16.2. The average Bonchev–Trinajstić information content (AvgIpc) is 3.35. The van der Waals surface area contributed by atoms with Crippen LogP contribution in [0.25, 0.3) is 0 Å². The van der Waals surface area contributed by atoms with Gasteiger partial charge in [0.2, 0.25) is 0 Å². The van der Waals surface area contributed by atoms with E-state index < -0.39 is 8.80 Å². The number of rotatable bonds is 6. The Hall–Kier alpha value is -1.21. The smallest absolute Gasteiger partial charge is 0.501 e. The van der Waals surface area contributed by atoms with Crippen molar-refractivity contribution in [3.8, 4) is 5.75 Å². The topological polar surface area (TPSA) is 60.3 Å². The lowest BCUT2D eigenvalue weighted by Gasteiger charge is -2.71. The highest BCUT2D eigenvalue weighted by atomic mass is 28.4. The standard InChI is InChI=1S/C28H41NO4Si/c1-27(2,3)22-9-6-8-17(26(22)30)15-29-12-7-13-34(31-5)32-16-18-14-21-23-19-10-11-20(23)25(19)28(4,33-34)24(18)21/h6,8-9,15,18-21,23-25,30H,7,10-14,16H2,1-5H3/b29-15-. The van der Waals surface area contributed by atoms with Gasteiger partial charge >= 0.3 is 8.80 Å². The summed E-state index contributed by atoms with van der Waals surface area (Å²) in [4.78, 5) is 4.65. The number of hydrogen-bond acceptors (Lipinski definition) is 5. The maximum absolute atomic E-state index is 10.7. The molecule has 7 atom stereocenters. The van der Waals surface area contributed by atoms with Crippen LogP contribution in [0.15, 0.2) is 23.2 Å². The van der Waals surface area contributed by atoms with Crippen molar-refractivity contribution in [1.29, 1.82) is 0 Å². The van der Waals surface area contributed by atoms with Crippen molar-refractivity contribution in [2.75, 3.05) is 20.3 Å². The van der Waals surface area contributed by atoms with Crippen LogP contribution < -0.4 is 0 Å². The van der Waals surface area contributed by atoms with Gasteiger partial charge in [-0.25, -0.2) is 0 Å². The summed E-state index contributed by atoms with van der Waals surface area (Å²) in [6.07, 6.45) is 6.83. The summed E-state index contributed by atoms with van der Waals surface area (Å²) < 4.78 is 19.8. The lowest BCUT2D eigenvalue weighted by molar-refractivity contribution is -0.272. The molecule has 6 heteroatoms. The van der Waals surface area contributed by atoms with Crippen LogP contribution in [-0.2, 0) is 18.7 Å². The predicted molar refractivity (Wildman–Crippen MR) is 135 cm³/mol. The van der Waals surface area contributed by atoms with Gasteiger partial charge in [0.15, 0.2) is 0 Å². The van der Waals surface area contributed by atoms with Gasteiger partial charge in [0.1, 0.15) is 5.75 Å². The van der Waals surface area contributed by atoms with E-state index in [1.165, 1.54) is 19.3 Å². The van der Waals surface area contributed by atoms with Gasteiger partial charge in [-0.15, -0.1) is 0 Å². The molecule has 1 aliphatic heterocycles. The number of nitrogens with zero attached hydrogens (tertiary/aromatic N) is 1. The molecule has 1 heterocycles. The Morgan fingerprint density at radius 1 is 1.21 bits per heavy atom. The monoisotopic (exact) mass is 483 g/mol. The highest BCUT2D eigenvalue weighted by Crippen LogP contribution is 2.77. The summed E-state index contributed by atoms with van der Waals surface area (Å²) in [6.45, 7) is 10.2. The van der Waals surface area contributed by atoms with Gasteiger partial charge < -0.3 is 18.4 Å². The van der Waals surface area contributed by atoms with E-state index in [1.54, 1.807) is 13.3 Å². The average molecular weight is 484 g/mol. The number of phenols is 1. The maximum Gasteiger partial charge on any atom is 0.501 e. The number of hydrogen-bond donors (Lipinski definition) is 1. The third kappa shape index (κ3) is 3.24. The third-order valence-electron chi connectivity index (χ3n) is 10.2. The molecule has 6 saturated carbocycles. The first kappa shape index (κ1) is 23.2. The highest BCUT2D eigenvalue weighted by molar-refractivity contribution is 6.60. The predicted octanol–water partition coefficient (Wildman–Crippen LogP) is 5.43. The van der Waals surface area contributed by atoms with Crippen LogP contribution in [-0.4, -0.2) is 46.0 Å². The maximum atomic E-state index is 10.7. The van der Waals surface area contributed by atoms with E-state index in [1.807, 2.05) is 18.2 Å². The number of fused-ring (bicyclic) bond motifs is 1. The van der Waals surface area contributed by atoms with E-state index in [2.05, 4.69) is 32.7 Å². The molecule has 7 unspecified atom stereocenters. The molecule has 0 amide bonds. The van der Waals surface area contributed by atoms with Gasteiger partial charge in [-0.3, -0.25) is 4.99 Å². The molecule has 1 aromatic rings. The molecule has 4 bridgehead atoms. The summed E-state index contributed by atoms with van der Waals surface area (Å²) in [5.41, 5.74) is 1.56. The van der Waals surface area contributed by atoms with E-state index in [4.69, 9.17) is 13.3 Å². The van der Waals surface area contributed by atoms with E-state index in [0.717, 1.165) is 59.8 Å². The zero-order valence-corrected chi connectivity index (χ0v) is 22.4. The Kier molecular flexibility index (Phi) is 5.39. The van der Waals surface area contributed by atoms with Crippen LogP contribution in [0.4, 0.5) is 0 Å². The van der Waals surface area contributed by atoms with Crippen molar-refractivity contribution < 1.29 is 18.4 Å². The largest absolute Gasteiger partial charge is 0.507 e. The van der Waals surface area contributed by atoms with Gasteiger partial charge in [0.05, 0.1) is 5.60 Å². The molecule has 7 fully saturated rings. The number of para-hydroxylation sites is 1. The van der Waals surface area contributed by atoms with Gasteiger partial charge in [-0.1, -0.05) is 32.9 Å². The van der Waals surface area contributed by atoms with Crippen molar-refractivity contribution in [3.05, 3.63) is 29.3 Å². The Bertz CT molecular complexity index is 979. The minimum absolute atomic E-state index is 0.0602. The van der Waals surface area contributed by atoms with Crippen LogP contribution in [0.2, 0.25) is 6.04 Å². The second kappa shape index (κ2) is 7.89. The molecule has 1 saturated heterocycles. The highest BCUT2D eigenvalue weighted by Gasteiger charge is 2.77. The van der Waals surface area contributed by atoms with E-state index in [0.29, 0.717) is 24.1 Å². The molecule has 6 aliphatic carbocycles. The number of aromatic hydroxyl groups is 1. The van der Waals surface area contributed by atoms with Crippen LogP contribution in [0.5, 0.6) is 5.75 Å². The number of aliphatic imine (C=N–C) groups is 1. The first-order valence-corrected chi connectivity index (χ1v) is 15.3. The summed E-state index contributed by atoms with van der Waals surface area (Å²) in [5, 5.41) is 10.7. The first-order valence-electron chi connectivity index (χ1n) is 13.4. The van der Waals surface area contributed by atoms with Gasteiger partial charge in [-0.2, -0.15) is 0 Å². The van der Waals surface area contributed by atoms with Crippen molar-refractivity contribution in [3.63, 3.8) is 0 Å². The molecule has 8 rings (SSSR count). The summed E-state index contributed by atoms with van der Waals surface area (Å²) >= 11 is 0. The van der Waals surface area contributed by atoms with E-state index >= 15 is 0 Å². The third-order valence-corrected chi connectivity index (χ3v) is 13.1. The molecule has 0 spiro atoms. The van der Waals surface area contributed by atoms with Crippen LogP contribution in [0.1, 0.15) is 64.5 Å². The molecule has 7 aliphatic rings. The fourth-order valence-electron chi connectivity index (χ4n) is 8.94.